The molecule has 0 bridgehead atoms. The van der Waals surface area contributed by atoms with Crippen LogP contribution in [0.5, 0.6) is 0 Å². The molecule has 0 radical (unpaired) electrons. The summed E-state index contributed by atoms with van der Waals surface area (Å²) in [5.41, 5.74) is 0.575. The number of piperazine rings is 1. The van der Waals surface area contributed by atoms with E-state index in [0.29, 0.717) is 13.1 Å². The Hall–Kier alpha value is -1.14. The van der Waals surface area contributed by atoms with Crippen molar-refractivity contribution in [3.63, 3.8) is 0 Å². The van der Waals surface area contributed by atoms with E-state index in [4.69, 9.17) is 4.74 Å². The third-order valence-corrected chi connectivity index (χ3v) is 3.84. The Kier molecular flexibility index (Phi) is 4.10. The largest absolute Gasteiger partial charge is 0.444 e. The Balaban J connectivity index is 1.99. The fourth-order valence-electron chi connectivity index (χ4n) is 1.94. The summed E-state index contributed by atoms with van der Waals surface area (Å²) >= 11 is 1.63. The lowest BCUT2D eigenvalue weighted by molar-refractivity contribution is 0.0195. The standard InChI is InChI=1S/C13H21N3O2S/c1-9-8-19-11(15-9)10-7-16(6-5-14-10)12(17)18-13(2,3)4/h8,10,14H,5-7H2,1-4H3. The van der Waals surface area contributed by atoms with E-state index < -0.39 is 5.60 Å². The summed E-state index contributed by atoms with van der Waals surface area (Å²) in [6.45, 7) is 9.69. The number of carbonyl (C=O) groups is 1. The van der Waals surface area contributed by atoms with Crippen molar-refractivity contribution in [2.75, 3.05) is 19.6 Å². The smallest absolute Gasteiger partial charge is 0.410 e. The summed E-state index contributed by atoms with van der Waals surface area (Å²) in [5, 5.41) is 6.46. The van der Waals surface area contributed by atoms with Gasteiger partial charge in [-0.1, -0.05) is 0 Å². The number of nitrogens with one attached hydrogen (secondary N) is 1. The Labute approximate surface area is 118 Å². The van der Waals surface area contributed by atoms with E-state index >= 15 is 0 Å². The number of hydrogen-bond acceptors (Lipinski definition) is 5. The second-order valence-electron chi connectivity index (χ2n) is 5.76. The van der Waals surface area contributed by atoms with Crippen LogP contribution >= 0.6 is 11.3 Å². The minimum atomic E-state index is -0.449. The molecule has 0 saturated carbocycles. The Morgan fingerprint density at radius 2 is 2.32 bits per heavy atom. The maximum atomic E-state index is 12.1. The van der Waals surface area contributed by atoms with E-state index in [2.05, 4.69) is 10.3 Å². The molecular weight excluding hydrogens is 262 g/mol. The topological polar surface area (TPSA) is 54.5 Å². The molecule has 0 aromatic carbocycles. The SMILES string of the molecule is Cc1csc(C2CN(C(=O)OC(C)(C)C)CCN2)n1. The van der Waals surface area contributed by atoms with Gasteiger partial charge in [0.15, 0.2) is 0 Å². The molecule has 19 heavy (non-hydrogen) atoms. The molecular formula is C13H21N3O2S. The van der Waals surface area contributed by atoms with Crippen LogP contribution in [0.4, 0.5) is 4.79 Å². The van der Waals surface area contributed by atoms with E-state index in [9.17, 15) is 4.79 Å². The molecule has 1 unspecified atom stereocenters. The van der Waals surface area contributed by atoms with Gasteiger partial charge in [0.05, 0.1) is 6.04 Å². The summed E-state index contributed by atoms with van der Waals surface area (Å²) in [4.78, 5) is 18.3. The van der Waals surface area contributed by atoms with E-state index in [0.717, 1.165) is 17.2 Å². The number of thiazole rings is 1. The van der Waals surface area contributed by atoms with Gasteiger partial charge in [-0.3, -0.25) is 0 Å². The van der Waals surface area contributed by atoms with Crippen LogP contribution in [0.25, 0.3) is 0 Å². The normalized spacial score (nSPS) is 20.4. The highest BCUT2D eigenvalue weighted by molar-refractivity contribution is 7.09. The Bertz CT molecular complexity index is 453. The Morgan fingerprint density at radius 3 is 2.89 bits per heavy atom. The Morgan fingerprint density at radius 1 is 1.58 bits per heavy atom. The average Bonchev–Trinajstić information content (AvgIpc) is 2.74. The predicted octanol–water partition coefficient (Wildman–Crippen LogP) is 2.33. The first-order chi connectivity index (χ1) is 8.85. The minimum Gasteiger partial charge on any atom is -0.444 e. The molecule has 5 nitrogen and oxygen atoms in total. The van der Waals surface area contributed by atoms with Crippen molar-refractivity contribution in [1.82, 2.24) is 15.2 Å². The van der Waals surface area contributed by atoms with Crippen LogP contribution in [0.3, 0.4) is 0 Å². The van der Waals surface area contributed by atoms with Crippen LogP contribution in [-0.4, -0.2) is 41.2 Å². The van der Waals surface area contributed by atoms with Gasteiger partial charge in [0, 0.05) is 30.7 Å². The van der Waals surface area contributed by atoms with Crippen LogP contribution in [0.1, 0.15) is 37.5 Å². The first-order valence-corrected chi connectivity index (χ1v) is 7.36. The number of aromatic nitrogens is 1. The average molecular weight is 283 g/mol. The highest BCUT2D eigenvalue weighted by atomic mass is 32.1. The number of carbonyl (C=O) groups excluding carboxylic acids is 1. The monoisotopic (exact) mass is 283 g/mol. The number of aryl methyl sites for hydroxylation is 1. The first kappa shape index (κ1) is 14.3. The van der Waals surface area contributed by atoms with Crippen molar-refractivity contribution in [1.29, 1.82) is 0 Å². The first-order valence-electron chi connectivity index (χ1n) is 6.48. The summed E-state index contributed by atoms with van der Waals surface area (Å²) in [6, 6.07) is 0.111. The van der Waals surface area contributed by atoms with Gasteiger partial charge in [-0.25, -0.2) is 9.78 Å². The molecule has 1 N–H and O–H groups in total. The van der Waals surface area contributed by atoms with Crippen molar-refractivity contribution in [3.05, 3.63) is 16.1 Å². The molecule has 2 rings (SSSR count). The van der Waals surface area contributed by atoms with Crippen LogP contribution < -0.4 is 5.32 Å². The molecule has 1 aliphatic rings. The quantitative estimate of drug-likeness (QED) is 0.859. The third-order valence-electron chi connectivity index (χ3n) is 2.76. The fraction of sp³-hybridized carbons (Fsp3) is 0.692. The van der Waals surface area contributed by atoms with Crippen LogP contribution in [0.2, 0.25) is 0 Å². The van der Waals surface area contributed by atoms with Crippen molar-refractivity contribution < 1.29 is 9.53 Å². The van der Waals surface area contributed by atoms with Gasteiger partial charge in [-0.2, -0.15) is 0 Å². The molecule has 2 heterocycles. The van der Waals surface area contributed by atoms with Crippen molar-refractivity contribution >= 4 is 17.4 Å². The predicted molar refractivity (Wildman–Crippen MR) is 75.4 cm³/mol. The van der Waals surface area contributed by atoms with E-state index in [1.165, 1.54) is 0 Å². The minimum absolute atomic E-state index is 0.111. The lowest BCUT2D eigenvalue weighted by Gasteiger charge is -2.34. The molecule has 106 valence electrons. The number of nitrogens with zero attached hydrogens (tertiary/aromatic N) is 2. The number of hydrogen-bond donors (Lipinski definition) is 1. The van der Waals surface area contributed by atoms with Crippen molar-refractivity contribution in [2.24, 2.45) is 0 Å². The zero-order chi connectivity index (χ0) is 14.0. The summed E-state index contributed by atoms with van der Waals surface area (Å²) in [7, 11) is 0. The van der Waals surface area contributed by atoms with Crippen molar-refractivity contribution in [2.45, 2.75) is 39.3 Å². The van der Waals surface area contributed by atoms with Gasteiger partial charge >= 0.3 is 6.09 Å². The molecule has 1 atom stereocenters. The van der Waals surface area contributed by atoms with E-state index in [-0.39, 0.29) is 12.1 Å². The molecule has 1 aromatic rings. The van der Waals surface area contributed by atoms with Crippen LogP contribution in [0, 0.1) is 6.92 Å². The maximum absolute atomic E-state index is 12.1. The molecule has 0 spiro atoms. The van der Waals surface area contributed by atoms with Gasteiger partial charge in [0.1, 0.15) is 10.6 Å². The van der Waals surface area contributed by atoms with E-state index in [1.54, 1.807) is 16.2 Å². The molecule has 1 saturated heterocycles. The molecule has 1 aromatic heterocycles. The van der Waals surface area contributed by atoms with Gasteiger partial charge < -0.3 is 15.0 Å². The van der Waals surface area contributed by atoms with E-state index in [1.807, 2.05) is 33.1 Å². The second kappa shape index (κ2) is 5.46. The molecule has 6 heteroatoms. The number of ether oxygens (including phenoxy) is 1. The fourth-order valence-corrected chi connectivity index (χ4v) is 2.80. The van der Waals surface area contributed by atoms with Gasteiger partial charge in [0.2, 0.25) is 0 Å². The highest BCUT2D eigenvalue weighted by Crippen LogP contribution is 2.22. The lowest BCUT2D eigenvalue weighted by Crippen LogP contribution is -2.49. The van der Waals surface area contributed by atoms with Crippen LogP contribution in [-0.2, 0) is 4.74 Å². The second-order valence-corrected chi connectivity index (χ2v) is 6.65. The lowest BCUT2D eigenvalue weighted by atomic mass is 10.2. The summed E-state index contributed by atoms with van der Waals surface area (Å²) in [5.74, 6) is 0. The molecule has 1 amide bonds. The van der Waals surface area contributed by atoms with Gasteiger partial charge in [-0.15, -0.1) is 11.3 Å². The molecule has 0 aliphatic carbocycles. The zero-order valence-corrected chi connectivity index (χ0v) is 12.7. The molecule has 1 aliphatic heterocycles. The van der Waals surface area contributed by atoms with Crippen LogP contribution in [0.15, 0.2) is 5.38 Å². The number of amides is 1. The summed E-state index contributed by atoms with van der Waals surface area (Å²) in [6.07, 6.45) is -0.243. The van der Waals surface area contributed by atoms with Crippen molar-refractivity contribution in [3.8, 4) is 0 Å². The van der Waals surface area contributed by atoms with Gasteiger partial charge in [0.25, 0.3) is 0 Å². The maximum Gasteiger partial charge on any atom is 0.410 e. The summed E-state index contributed by atoms with van der Waals surface area (Å²) < 4.78 is 5.41. The molecule has 1 fully saturated rings. The zero-order valence-electron chi connectivity index (χ0n) is 11.9. The van der Waals surface area contributed by atoms with Gasteiger partial charge in [-0.05, 0) is 27.7 Å². The number of rotatable bonds is 1. The highest BCUT2D eigenvalue weighted by Gasteiger charge is 2.29. The third kappa shape index (κ3) is 3.91.